The average molecular weight is 390 g/mol. The lowest BCUT2D eigenvalue weighted by molar-refractivity contribution is -0.150. The van der Waals surface area contributed by atoms with Gasteiger partial charge >= 0.3 is 12.1 Å². The van der Waals surface area contributed by atoms with Crippen molar-refractivity contribution >= 4 is 29.6 Å². The topological polar surface area (TPSA) is 46.6 Å². The third kappa shape index (κ3) is 5.24. The Morgan fingerprint density at radius 3 is 2.77 bits per heavy atom. The highest BCUT2D eigenvalue weighted by Gasteiger charge is 2.31. The summed E-state index contributed by atoms with van der Waals surface area (Å²) < 4.78 is 43.3. The number of hydrogen-bond acceptors (Lipinski definition) is 3. The molecule has 1 amide bonds. The summed E-state index contributed by atoms with van der Waals surface area (Å²) in [4.78, 5) is 25.6. The maximum atomic E-state index is 12.8. The van der Waals surface area contributed by atoms with Gasteiger partial charge in [0.05, 0.1) is 18.1 Å². The summed E-state index contributed by atoms with van der Waals surface area (Å²) in [7, 11) is 0. The van der Waals surface area contributed by atoms with E-state index < -0.39 is 11.7 Å². The molecular formula is C18H19ClF3NO3. The molecule has 0 aromatic heterocycles. The molecule has 0 aliphatic carbocycles. The lowest BCUT2D eigenvalue weighted by Crippen LogP contribution is -2.42. The predicted molar refractivity (Wildman–Crippen MR) is 91.4 cm³/mol. The molecule has 1 aromatic carbocycles. The Morgan fingerprint density at radius 1 is 1.38 bits per heavy atom. The highest BCUT2D eigenvalue weighted by atomic mass is 35.5. The fourth-order valence-corrected chi connectivity index (χ4v) is 2.92. The van der Waals surface area contributed by atoms with Crippen molar-refractivity contribution in [1.82, 2.24) is 4.90 Å². The van der Waals surface area contributed by atoms with Crippen LogP contribution in [0.3, 0.4) is 0 Å². The van der Waals surface area contributed by atoms with Crippen molar-refractivity contribution in [2.45, 2.75) is 25.9 Å². The van der Waals surface area contributed by atoms with E-state index in [1.165, 1.54) is 17.1 Å². The van der Waals surface area contributed by atoms with E-state index in [1.807, 2.05) is 0 Å². The second-order valence-corrected chi connectivity index (χ2v) is 6.35. The molecule has 142 valence electrons. The molecule has 8 heteroatoms. The molecule has 1 fully saturated rings. The average Bonchev–Trinajstić information content (AvgIpc) is 2.60. The molecule has 1 atom stereocenters. The van der Waals surface area contributed by atoms with Gasteiger partial charge in [-0.05, 0) is 49.6 Å². The Balaban J connectivity index is 2.08. The van der Waals surface area contributed by atoms with Gasteiger partial charge in [-0.2, -0.15) is 13.2 Å². The number of carbonyl (C=O) groups excluding carboxylic acids is 2. The summed E-state index contributed by atoms with van der Waals surface area (Å²) in [6.45, 7) is 2.70. The summed E-state index contributed by atoms with van der Waals surface area (Å²) in [5.74, 6) is -1.10. The molecule has 1 aliphatic rings. The Bertz CT molecular complexity index is 703. The second kappa shape index (κ2) is 8.58. The van der Waals surface area contributed by atoms with Crippen LogP contribution < -0.4 is 0 Å². The zero-order chi connectivity index (χ0) is 19.3. The van der Waals surface area contributed by atoms with Crippen molar-refractivity contribution < 1.29 is 27.5 Å². The first-order chi connectivity index (χ1) is 12.2. The molecule has 26 heavy (non-hydrogen) atoms. The number of esters is 1. The monoisotopic (exact) mass is 389 g/mol. The minimum absolute atomic E-state index is 0.105. The highest BCUT2D eigenvalue weighted by Crippen LogP contribution is 2.32. The van der Waals surface area contributed by atoms with E-state index in [9.17, 15) is 22.8 Å². The molecule has 1 aromatic rings. The van der Waals surface area contributed by atoms with E-state index in [1.54, 1.807) is 6.92 Å². The van der Waals surface area contributed by atoms with Gasteiger partial charge in [-0.1, -0.05) is 11.6 Å². The van der Waals surface area contributed by atoms with Crippen LogP contribution in [0.15, 0.2) is 24.3 Å². The van der Waals surface area contributed by atoms with E-state index in [0.29, 0.717) is 19.4 Å². The van der Waals surface area contributed by atoms with Crippen LogP contribution in [0.25, 0.3) is 6.08 Å². The number of piperidine rings is 1. The standard InChI is InChI=1S/C18H19ClF3NO3/c1-2-26-17(25)13-4-3-9-23(11-13)16(24)8-5-12-10-14(18(20,21)22)6-7-15(12)19/h5-8,10,13H,2-4,9,11H2,1H3/b8-5+. The molecule has 1 aliphatic heterocycles. The SMILES string of the molecule is CCOC(=O)C1CCCN(C(=O)/C=C/c2cc(C(F)(F)F)ccc2Cl)C1. The number of halogens is 4. The van der Waals surface area contributed by atoms with Gasteiger partial charge in [-0.25, -0.2) is 0 Å². The van der Waals surface area contributed by atoms with Crippen molar-refractivity contribution in [3.63, 3.8) is 0 Å². The van der Waals surface area contributed by atoms with Crippen LogP contribution in [0.2, 0.25) is 5.02 Å². The molecular weight excluding hydrogens is 371 g/mol. The Kier molecular flexibility index (Phi) is 6.69. The second-order valence-electron chi connectivity index (χ2n) is 5.94. The number of alkyl halides is 3. The van der Waals surface area contributed by atoms with Gasteiger partial charge in [-0.3, -0.25) is 9.59 Å². The van der Waals surface area contributed by atoms with Crippen molar-refractivity contribution in [2.24, 2.45) is 5.92 Å². The van der Waals surface area contributed by atoms with Gasteiger partial charge in [0.25, 0.3) is 0 Å². The molecule has 4 nitrogen and oxygen atoms in total. The van der Waals surface area contributed by atoms with Gasteiger partial charge in [-0.15, -0.1) is 0 Å². The lowest BCUT2D eigenvalue weighted by Gasteiger charge is -2.30. The van der Waals surface area contributed by atoms with Crippen LogP contribution in [-0.2, 0) is 20.5 Å². The molecule has 0 radical (unpaired) electrons. The molecule has 1 heterocycles. The van der Waals surface area contributed by atoms with E-state index in [2.05, 4.69) is 0 Å². The third-order valence-corrected chi connectivity index (χ3v) is 4.43. The largest absolute Gasteiger partial charge is 0.466 e. The summed E-state index contributed by atoms with van der Waals surface area (Å²) in [6, 6.07) is 2.92. The van der Waals surface area contributed by atoms with Crippen molar-refractivity contribution in [3.8, 4) is 0 Å². The van der Waals surface area contributed by atoms with Crippen LogP contribution >= 0.6 is 11.6 Å². The smallest absolute Gasteiger partial charge is 0.416 e. The zero-order valence-corrected chi connectivity index (χ0v) is 14.9. The van der Waals surface area contributed by atoms with Crippen LogP contribution in [0.5, 0.6) is 0 Å². The van der Waals surface area contributed by atoms with E-state index in [4.69, 9.17) is 16.3 Å². The minimum Gasteiger partial charge on any atom is -0.466 e. The van der Waals surface area contributed by atoms with E-state index in [-0.39, 0.29) is 41.5 Å². The first kappa shape index (κ1) is 20.3. The first-order valence-corrected chi connectivity index (χ1v) is 8.60. The Labute approximate surface area is 154 Å². The van der Waals surface area contributed by atoms with Crippen molar-refractivity contribution in [3.05, 3.63) is 40.4 Å². The van der Waals surface area contributed by atoms with Gasteiger partial charge in [0.1, 0.15) is 0 Å². The number of benzene rings is 1. The summed E-state index contributed by atoms with van der Waals surface area (Å²) >= 11 is 5.91. The van der Waals surface area contributed by atoms with Crippen molar-refractivity contribution in [2.75, 3.05) is 19.7 Å². The number of amides is 1. The van der Waals surface area contributed by atoms with Crippen LogP contribution in [-0.4, -0.2) is 36.5 Å². The van der Waals surface area contributed by atoms with Gasteiger partial charge in [0.15, 0.2) is 0 Å². The molecule has 0 spiro atoms. The number of hydrogen-bond donors (Lipinski definition) is 0. The van der Waals surface area contributed by atoms with Crippen molar-refractivity contribution in [1.29, 1.82) is 0 Å². The van der Waals surface area contributed by atoms with E-state index in [0.717, 1.165) is 18.2 Å². The summed E-state index contributed by atoms with van der Waals surface area (Å²) in [5, 5.41) is 0.116. The summed E-state index contributed by atoms with van der Waals surface area (Å²) in [6.07, 6.45) is -0.751. The maximum Gasteiger partial charge on any atom is 0.416 e. The van der Waals surface area contributed by atoms with Crippen LogP contribution in [0, 0.1) is 5.92 Å². The quantitative estimate of drug-likeness (QED) is 0.573. The lowest BCUT2D eigenvalue weighted by atomic mass is 9.98. The molecule has 1 unspecified atom stereocenters. The molecule has 0 N–H and O–H groups in total. The Morgan fingerprint density at radius 2 is 2.12 bits per heavy atom. The Hall–Kier alpha value is -2.02. The number of carbonyl (C=O) groups is 2. The van der Waals surface area contributed by atoms with Crippen LogP contribution in [0.4, 0.5) is 13.2 Å². The summed E-state index contributed by atoms with van der Waals surface area (Å²) in [5.41, 5.74) is -0.733. The number of ether oxygens (including phenoxy) is 1. The zero-order valence-electron chi connectivity index (χ0n) is 14.2. The highest BCUT2D eigenvalue weighted by molar-refractivity contribution is 6.32. The first-order valence-electron chi connectivity index (χ1n) is 8.22. The molecule has 0 saturated carbocycles. The normalized spacial score (nSPS) is 18.2. The predicted octanol–water partition coefficient (Wildman–Crippen LogP) is 4.17. The minimum atomic E-state index is -4.49. The molecule has 1 saturated heterocycles. The van der Waals surface area contributed by atoms with Crippen LogP contribution in [0.1, 0.15) is 30.9 Å². The van der Waals surface area contributed by atoms with E-state index >= 15 is 0 Å². The van der Waals surface area contributed by atoms with Gasteiger partial charge in [0, 0.05) is 24.2 Å². The number of rotatable bonds is 4. The molecule has 0 bridgehead atoms. The number of nitrogens with zero attached hydrogens (tertiary/aromatic N) is 1. The fraction of sp³-hybridized carbons (Fsp3) is 0.444. The molecule has 2 rings (SSSR count). The fourth-order valence-electron chi connectivity index (χ4n) is 2.74. The number of likely N-dealkylation sites (tertiary alicyclic amines) is 1. The third-order valence-electron chi connectivity index (χ3n) is 4.08. The van der Waals surface area contributed by atoms with Gasteiger partial charge in [0.2, 0.25) is 5.91 Å². The maximum absolute atomic E-state index is 12.8. The van der Waals surface area contributed by atoms with Gasteiger partial charge < -0.3 is 9.64 Å².